The zero-order valence-corrected chi connectivity index (χ0v) is 20.0. The highest BCUT2D eigenvalue weighted by atomic mass is 16.5. The number of nitrogens with one attached hydrogen (secondary N) is 2. The van der Waals surface area contributed by atoms with Crippen LogP contribution in [0.15, 0.2) is 58.1 Å². The number of guanidine groups is 1. The predicted octanol–water partition coefficient (Wildman–Crippen LogP) is 4.08. The molecule has 1 aliphatic rings. The van der Waals surface area contributed by atoms with Crippen LogP contribution in [0.25, 0.3) is 0 Å². The fraction of sp³-hybridized carbons (Fsp3) is 0.577. The second-order valence-corrected chi connectivity index (χ2v) is 9.51. The molecule has 6 heteroatoms. The fourth-order valence-corrected chi connectivity index (χ4v) is 3.93. The Labute approximate surface area is 193 Å². The number of furan rings is 1. The average molecular weight is 441 g/mol. The van der Waals surface area contributed by atoms with E-state index in [2.05, 4.69) is 59.7 Å². The molecule has 6 nitrogen and oxygen atoms in total. The van der Waals surface area contributed by atoms with Gasteiger partial charge in [-0.15, -0.1) is 0 Å². The van der Waals surface area contributed by atoms with E-state index in [4.69, 9.17) is 14.1 Å². The first-order valence-electron chi connectivity index (χ1n) is 11.9. The first-order chi connectivity index (χ1) is 15.5. The molecule has 32 heavy (non-hydrogen) atoms. The van der Waals surface area contributed by atoms with Crippen molar-refractivity contribution in [2.75, 3.05) is 39.9 Å². The lowest BCUT2D eigenvalue weighted by atomic mass is 9.90. The van der Waals surface area contributed by atoms with Crippen molar-refractivity contribution in [2.24, 2.45) is 10.4 Å². The molecule has 1 aromatic heterocycles. The van der Waals surface area contributed by atoms with Crippen molar-refractivity contribution in [3.05, 3.63) is 60.1 Å². The van der Waals surface area contributed by atoms with E-state index in [0.29, 0.717) is 6.04 Å². The molecule has 0 amide bonds. The Morgan fingerprint density at radius 1 is 1.16 bits per heavy atom. The molecule has 1 saturated heterocycles. The Bertz CT molecular complexity index is 781. The highest BCUT2D eigenvalue weighted by molar-refractivity contribution is 5.80. The zero-order valence-electron chi connectivity index (χ0n) is 20.0. The maximum Gasteiger partial charge on any atom is 0.191 e. The van der Waals surface area contributed by atoms with E-state index in [-0.39, 0.29) is 5.41 Å². The summed E-state index contributed by atoms with van der Waals surface area (Å²) < 4.78 is 10.7. The maximum atomic E-state index is 5.46. The minimum atomic E-state index is 0.102. The Balaban J connectivity index is 1.51. The lowest BCUT2D eigenvalue weighted by molar-refractivity contribution is 0.155. The van der Waals surface area contributed by atoms with Crippen LogP contribution in [0.2, 0.25) is 0 Å². The molecule has 0 atom stereocenters. The molecule has 0 saturated carbocycles. The number of likely N-dealkylation sites (tertiary alicyclic amines) is 1. The molecule has 2 N–H and O–H groups in total. The summed E-state index contributed by atoms with van der Waals surface area (Å²) in [7, 11) is 1.76. The van der Waals surface area contributed by atoms with Crippen LogP contribution in [-0.2, 0) is 17.7 Å². The van der Waals surface area contributed by atoms with Crippen molar-refractivity contribution in [1.29, 1.82) is 0 Å². The summed E-state index contributed by atoms with van der Waals surface area (Å²) in [5.74, 6) is 1.90. The Kier molecular flexibility index (Phi) is 9.62. The van der Waals surface area contributed by atoms with Gasteiger partial charge >= 0.3 is 0 Å². The van der Waals surface area contributed by atoms with Crippen molar-refractivity contribution in [1.82, 2.24) is 15.5 Å². The van der Waals surface area contributed by atoms with E-state index >= 15 is 0 Å². The molecule has 1 aliphatic heterocycles. The lowest BCUT2D eigenvalue weighted by Gasteiger charge is -2.33. The van der Waals surface area contributed by atoms with Crippen molar-refractivity contribution < 1.29 is 9.15 Å². The van der Waals surface area contributed by atoms with Gasteiger partial charge in [0.1, 0.15) is 5.76 Å². The molecule has 0 radical (unpaired) electrons. The van der Waals surface area contributed by atoms with Crippen molar-refractivity contribution in [3.63, 3.8) is 0 Å². The molecule has 1 aromatic carbocycles. The number of hydrogen-bond donors (Lipinski definition) is 2. The van der Waals surface area contributed by atoms with Crippen LogP contribution < -0.4 is 10.6 Å². The molecule has 1 fully saturated rings. The topological polar surface area (TPSA) is 62.0 Å². The number of rotatable bonds is 11. The molecule has 0 bridgehead atoms. The van der Waals surface area contributed by atoms with Gasteiger partial charge in [-0.2, -0.15) is 0 Å². The summed E-state index contributed by atoms with van der Waals surface area (Å²) in [6.45, 7) is 10.1. The van der Waals surface area contributed by atoms with Gasteiger partial charge in [-0.05, 0) is 42.4 Å². The molecule has 2 heterocycles. The highest BCUT2D eigenvalue weighted by Gasteiger charge is 2.21. The second kappa shape index (κ2) is 12.7. The van der Waals surface area contributed by atoms with Crippen molar-refractivity contribution in [2.45, 2.75) is 52.1 Å². The van der Waals surface area contributed by atoms with Crippen LogP contribution >= 0.6 is 0 Å². The molecule has 0 aliphatic carbocycles. The van der Waals surface area contributed by atoms with Gasteiger partial charge in [0.05, 0.1) is 6.26 Å². The first-order valence-corrected chi connectivity index (χ1v) is 11.9. The third-order valence-corrected chi connectivity index (χ3v) is 6.07. The monoisotopic (exact) mass is 440 g/mol. The summed E-state index contributed by atoms with van der Waals surface area (Å²) in [5, 5.41) is 7.22. The van der Waals surface area contributed by atoms with Crippen LogP contribution in [-0.4, -0.2) is 56.8 Å². The first kappa shape index (κ1) is 24.3. The molecule has 0 spiro atoms. The van der Waals surface area contributed by atoms with Crippen LogP contribution in [0, 0.1) is 5.41 Å². The van der Waals surface area contributed by atoms with Crippen LogP contribution in [0.5, 0.6) is 0 Å². The molecular weight excluding hydrogens is 400 g/mol. The minimum absolute atomic E-state index is 0.102. The summed E-state index contributed by atoms with van der Waals surface area (Å²) >= 11 is 0. The number of piperidine rings is 1. The van der Waals surface area contributed by atoms with Crippen LogP contribution in [0.1, 0.15) is 44.4 Å². The lowest BCUT2D eigenvalue weighted by Crippen LogP contribution is -2.49. The predicted molar refractivity (Wildman–Crippen MR) is 131 cm³/mol. The zero-order chi connectivity index (χ0) is 22.7. The number of nitrogens with zero attached hydrogens (tertiary/aromatic N) is 2. The van der Waals surface area contributed by atoms with E-state index in [0.717, 1.165) is 76.7 Å². The standard InChI is InChI=1S/C26H40N4O2/c1-26(2,14-19-31-3)21-28-25(27-15-11-24-10-7-18-32-24)29-23-12-16-30(17-13-23)20-22-8-5-4-6-9-22/h4-10,18,23H,11-17,19-21H2,1-3H3,(H2,27,28,29). The van der Waals surface area contributed by atoms with Gasteiger partial charge in [0.2, 0.25) is 0 Å². The Morgan fingerprint density at radius 2 is 1.94 bits per heavy atom. The fourth-order valence-electron chi connectivity index (χ4n) is 3.93. The number of hydrogen-bond acceptors (Lipinski definition) is 4. The smallest absolute Gasteiger partial charge is 0.191 e. The van der Waals surface area contributed by atoms with Gasteiger partial charge in [-0.1, -0.05) is 44.2 Å². The van der Waals surface area contributed by atoms with E-state index in [1.165, 1.54) is 5.56 Å². The normalized spacial score (nSPS) is 16.3. The molecule has 3 rings (SSSR count). The van der Waals surface area contributed by atoms with Gasteiger partial charge in [0.15, 0.2) is 5.96 Å². The van der Waals surface area contributed by atoms with E-state index in [9.17, 15) is 0 Å². The third kappa shape index (κ3) is 8.67. The molecule has 176 valence electrons. The largest absolute Gasteiger partial charge is 0.469 e. The van der Waals surface area contributed by atoms with Crippen molar-refractivity contribution in [3.8, 4) is 0 Å². The van der Waals surface area contributed by atoms with Crippen LogP contribution in [0.4, 0.5) is 0 Å². The highest BCUT2D eigenvalue weighted by Crippen LogP contribution is 2.20. The van der Waals surface area contributed by atoms with Gasteiger partial charge in [0, 0.05) is 58.9 Å². The number of ether oxygens (including phenoxy) is 1. The quantitative estimate of drug-likeness (QED) is 0.407. The summed E-state index contributed by atoms with van der Waals surface area (Å²) in [6.07, 6.45) is 5.81. The SMILES string of the molecule is COCCC(C)(C)CN=C(NCCc1ccco1)NC1CCN(Cc2ccccc2)CC1. The average Bonchev–Trinajstić information content (AvgIpc) is 3.32. The van der Waals surface area contributed by atoms with E-state index < -0.39 is 0 Å². The van der Waals surface area contributed by atoms with Gasteiger partial charge in [-0.3, -0.25) is 9.89 Å². The van der Waals surface area contributed by atoms with Crippen molar-refractivity contribution >= 4 is 5.96 Å². The summed E-state index contributed by atoms with van der Waals surface area (Å²) in [4.78, 5) is 7.49. The second-order valence-electron chi connectivity index (χ2n) is 9.51. The van der Waals surface area contributed by atoms with Gasteiger partial charge in [-0.25, -0.2) is 0 Å². The van der Waals surface area contributed by atoms with E-state index in [1.807, 2.05) is 12.1 Å². The number of methoxy groups -OCH3 is 1. The minimum Gasteiger partial charge on any atom is -0.469 e. The van der Waals surface area contributed by atoms with Crippen LogP contribution in [0.3, 0.4) is 0 Å². The van der Waals surface area contributed by atoms with Gasteiger partial charge < -0.3 is 19.8 Å². The Morgan fingerprint density at radius 3 is 2.62 bits per heavy atom. The maximum absolute atomic E-state index is 5.46. The summed E-state index contributed by atoms with van der Waals surface area (Å²) in [6, 6.07) is 15.1. The summed E-state index contributed by atoms with van der Waals surface area (Å²) in [5.41, 5.74) is 1.49. The van der Waals surface area contributed by atoms with E-state index in [1.54, 1.807) is 13.4 Å². The third-order valence-electron chi connectivity index (χ3n) is 6.07. The van der Waals surface area contributed by atoms with Gasteiger partial charge in [0.25, 0.3) is 0 Å². The number of benzene rings is 1. The number of aliphatic imine (C=N–C) groups is 1. The molecule has 0 unspecified atom stereocenters. The molecule has 2 aromatic rings. The Hall–Kier alpha value is -2.31. The molecular formula is C26H40N4O2.